The van der Waals surface area contributed by atoms with Crippen molar-refractivity contribution in [1.82, 2.24) is 24.5 Å². The Labute approximate surface area is 198 Å². The van der Waals surface area contributed by atoms with Gasteiger partial charge in [0.05, 0.1) is 23.5 Å². The zero-order valence-electron chi connectivity index (χ0n) is 17.9. The lowest BCUT2D eigenvalue weighted by molar-refractivity contribution is -0.120. The first kappa shape index (κ1) is 21.3. The minimum Gasteiger partial charge on any atom is -0.354 e. The molecule has 5 rings (SSSR count). The summed E-state index contributed by atoms with van der Waals surface area (Å²) in [6, 6.07) is 15.4. The summed E-state index contributed by atoms with van der Waals surface area (Å²) in [5.74, 6) is -0.109. The van der Waals surface area contributed by atoms with Crippen LogP contribution in [-0.2, 0) is 17.8 Å². The molecule has 0 saturated carbocycles. The van der Waals surface area contributed by atoms with Crippen molar-refractivity contribution >= 4 is 33.5 Å². The minimum atomic E-state index is -0.189. The second-order valence-electron chi connectivity index (χ2n) is 7.66. The fraction of sp³-hybridized carbons (Fsp3) is 0.167. The van der Waals surface area contributed by atoms with Crippen LogP contribution < -0.4 is 10.9 Å². The molecule has 0 aliphatic carbocycles. The summed E-state index contributed by atoms with van der Waals surface area (Å²) in [5.41, 5.74) is 4.59. The number of aryl methyl sites for hydroxylation is 1. The predicted molar refractivity (Wildman–Crippen MR) is 132 cm³/mol. The molecule has 0 atom stereocenters. The number of nitrogens with one attached hydrogen (secondary N) is 1. The van der Waals surface area contributed by atoms with Crippen molar-refractivity contribution in [3.63, 3.8) is 0 Å². The quantitative estimate of drug-likeness (QED) is 0.386. The molecule has 1 N–H and O–H groups in total. The number of thiazole rings is 1. The summed E-state index contributed by atoms with van der Waals surface area (Å²) in [7, 11) is 0. The van der Waals surface area contributed by atoms with Crippen LogP contribution >= 0.6 is 22.7 Å². The Morgan fingerprint density at radius 1 is 1.06 bits per heavy atom. The van der Waals surface area contributed by atoms with Gasteiger partial charge < -0.3 is 5.32 Å². The Morgan fingerprint density at radius 3 is 2.70 bits per heavy atom. The number of hydrogen-bond donors (Lipinski definition) is 1. The van der Waals surface area contributed by atoms with E-state index in [-0.39, 0.29) is 17.9 Å². The Hall–Kier alpha value is -3.56. The molecule has 1 aromatic carbocycles. The van der Waals surface area contributed by atoms with Gasteiger partial charge in [-0.25, -0.2) is 9.67 Å². The fourth-order valence-electron chi connectivity index (χ4n) is 3.51. The molecule has 0 fully saturated rings. The van der Waals surface area contributed by atoms with Crippen LogP contribution in [0.2, 0.25) is 0 Å². The molecule has 0 spiro atoms. The van der Waals surface area contributed by atoms with Crippen LogP contribution in [0.15, 0.2) is 70.3 Å². The van der Waals surface area contributed by atoms with Crippen LogP contribution in [0.1, 0.15) is 11.3 Å². The first-order chi connectivity index (χ1) is 16.1. The van der Waals surface area contributed by atoms with Gasteiger partial charge in [-0.2, -0.15) is 5.10 Å². The van der Waals surface area contributed by atoms with Gasteiger partial charge in [0.1, 0.15) is 5.69 Å². The molecule has 0 radical (unpaired) electrons. The number of fused-ring (bicyclic) bond motifs is 1. The molecule has 4 aromatic heterocycles. The van der Waals surface area contributed by atoms with Gasteiger partial charge in [-0.3, -0.25) is 14.0 Å². The lowest BCUT2D eigenvalue weighted by Gasteiger charge is -2.08. The van der Waals surface area contributed by atoms with E-state index in [1.54, 1.807) is 17.4 Å². The van der Waals surface area contributed by atoms with Gasteiger partial charge in [0.25, 0.3) is 5.56 Å². The molecule has 1 amide bonds. The molecule has 0 bridgehead atoms. The van der Waals surface area contributed by atoms with E-state index in [1.807, 2.05) is 33.5 Å². The van der Waals surface area contributed by atoms with Crippen molar-refractivity contribution in [3.8, 4) is 21.8 Å². The smallest absolute Gasteiger partial charge is 0.266 e. The molecular formula is C24H21N5O2S2. The number of imidazole rings is 1. The zero-order valence-corrected chi connectivity index (χ0v) is 19.5. The molecular weight excluding hydrogens is 454 g/mol. The first-order valence-electron chi connectivity index (χ1n) is 10.5. The Bertz CT molecular complexity index is 1460. The van der Waals surface area contributed by atoms with Crippen LogP contribution in [-0.4, -0.2) is 31.6 Å². The maximum atomic E-state index is 12.6. The zero-order chi connectivity index (χ0) is 22.8. The maximum absolute atomic E-state index is 12.6. The Morgan fingerprint density at radius 2 is 1.91 bits per heavy atom. The number of amides is 1. The largest absolute Gasteiger partial charge is 0.354 e. The van der Waals surface area contributed by atoms with E-state index >= 15 is 0 Å². The summed E-state index contributed by atoms with van der Waals surface area (Å²) in [6.45, 7) is 2.69. The third-order valence-corrected chi connectivity index (χ3v) is 7.04. The van der Waals surface area contributed by atoms with Crippen molar-refractivity contribution in [2.75, 3.05) is 6.54 Å². The van der Waals surface area contributed by atoms with Gasteiger partial charge in [0.2, 0.25) is 5.91 Å². The number of benzene rings is 1. The highest BCUT2D eigenvalue weighted by Gasteiger charge is 2.13. The second-order valence-corrected chi connectivity index (χ2v) is 9.44. The molecule has 0 aliphatic rings. The van der Waals surface area contributed by atoms with Crippen molar-refractivity contribution in [3.05, 3.63) is 87.1 Å². The molecule has 0 aliphatic heterocycles. The number of carbonyl (C=O) groups is 1. The Kier molecular flexibility index (Phi) is 5.89. The predicted octanol–water partition coefficient (Wildman–Crippen LogP) is 4.02. The van der Waals surface area contributed by atoms with Gasteiger partial charge in [0.15, 0.2) is 4.96 Å². The number of hydrogen-bond acceptors (Lipinski definition) is 6. The molecule has 0 saturated heterocycles. The van der Waals surface area contributed by atoms with E-state index in [1.165, 1.54) is 27.6 Å². The normalized spacial score (nSPS) is 11.2. The summed E-state index contributed by atoms with van der Waals surface area (Å²) in [6.07, 6.45) is 2.21. The summed E-state index contributed by atoms with van der Waals surface area (Å²) >= 11 is 3.08. The highest BCUT2D eigenvalue weighted by Crippen LogP contribution is 2.24. The van der Waals surface area contributed by atoms with Gasteiger partial charge in [-0.15, -0.1) is 22.7 Å². The van der Waals surface area contributed by atoms with Crippen molar-refractivity contribution in [2.45, 2.75) is 19.9 Å². The number of carbonyl (C=O) groups excluding carboxylic acids is 1. The lowest BCUT2D eigenvalue weighted by Crippen LogP contribution is -2.32. The van der Waals surface area contributed by atoms with Crippen LogP contribution in [0.4, 0.5) is 0 Å². The summed E-state index contributed by atoms with van der Waals surface area (Å²) < 4.78 is 3.36. The molecule has 5 aromatic rings. The van der Waals surface area contributed by atoms with Gasteiger partial charge in [-0.05, 0) is 24.4 Å². The molecule has 0 unspecified atom stereocenters. The third-order valence-electron chi connectivity index (χ3n) is 5.26. The molecule has 4 heterocycles. The van der Waals surface area contributed by atoms with E-state index in [4.69, 9.17) is 0 Å². The van der Waals surface area contributed by atoms with E-state index in [2.05, 4.69) is 46.6 Å². The number of thiophene rings is 1. The van der Waals surface area contributed by atoms with Gasteiger partial charge >= 0.3 is 0 Å². The topological polar surface area (TPSA) is 81.3 Å². The Balaban J connectivity index is 1.22. The van der Waals surface area contributed by atoms with Crippen molar-refractivity contribution < 1.29 is 4.79 Å². The SMILES string of the molecule is Cc1ccc(-c2cn3c(CC(=O)NCCn4nc(-c5cccs5)ccc4=O)csc3n2)cc1. The number of nitrogens with zero attached hydrogens (tertiary/aromatic N) is 4. The molecule has 9 heteroatoms. The van der Waals surface area contributed by atoms with Crippen LogP contribution in [0.25, 0.3) is 26.8 Å². The third kappa shape index (κ3) is 4.64. The summed E-state index contributed by atoms with van der Waals surface area (Å²) in [5, 5.41) is 11.2. The van der Waals surface area contributed by atoms with Crippen LogP contribution in [0.5, 0.6) is 0 Å². The highest BCUT2D eigenvalue weighted by atomic mass is 32.1. The van der Waals surface area contributed by atoms with E-state index in [9.17, 15) is 9.59 Å². The second kappa shape index (κ2) is 9.13. The summed E-state index contributed by atoms with van der Waals surface area (Å²) in [4.78, 5) is 31.2. The highest BCUT2D eigenvalue weighted by molar-refractivity contribution is 7.15. The van der Waals surface area contributed by atoms with E-state index < -0.39 is 0 Å². The van der Waals surface area contributed by atoms with E-state index in [0.717, 1.165) is 32.5 Å². The minimum absolute atomic E-state index is 0.109. The van der Waals surface area contributed by atoms with Crippen LogP contribution in [0.3, 0.4) is 0 Å². The maximum Gasteiger partial charge on any atom is 0.266 e. The molecule has 7 nitrogen and oxygen atoms in total. The van der Waals surface area contributed by atoms with Crippen molar-refractivity contribution in [1.29, 1.82) is 0 Å². The van der Waals surface area contributed by atoms with Crippen LogP contribution in [0, 0.1) is 6.92 Å². The number of aromatic nitrogens is 4. The number of rotatable bonds is 7. The van der Waals surface area contributed by atoms with Gasteiger partial charge in [-0.1, -0.05) is 35.9 Å². The standard InChI is InChI=1S/C24H21N5O2S2/c1-16-4-6-17(7-5-16)20-14-28-18(15-33-24(28)26-20)13-22(30)25-10-11-29-23(31)9-8-19(27-29)21-3-2-12-32-21/h2-9,12,14-15H,10-11,13H2,1H3,(H,25,30). The van der Waals surface area contributed by atoms with Crippen molar-refractivity contribution in [2.24, 2.45) is 0 Å². The average Bonchev–Trinajstić information content (AvgIpc) is 3.55. The monoisotopic (exact) mass is 475 g/mol. The lowest BCUT2D eigenvalue weighted by atomic mass is 10.1. The average molecular weight is 476 g/mol. The first-order valence-corrected chi connectivity index (χ1v) is 12.2. The van der Waals surface area contributed by atoms with Gasteiger partial charge in [0, 0.05) is 35.4 Å². The van der Waals surface area contributed by atoms with E-state index in [0.29, 0.717) is 13.1 Å². The molecule has 166 valence electrons. The fourth-order valence-corrected chi connectivity index (χ4v) is 5.08. The molecule has 33 heavy (non-hydrogen) atoms.